The van der Waals surface area contributed by atoms with Crippen molar-refractivity contribution in [3.8, 4) is 0 Å². The lowest BCUT2D eigenvalue weighted by atomic mass is 10.1. The van der Waals surface area contributed by atoms with E-state index in [9.17, 15) is 9.59 Å². The smallest absolute Gasteiger partial charge is 0.338 e. The number of allylic oxidation sites excluding steroid dienone is 1. The van der Waals surface area contributed by atoms with Gasteiger partial charge < -0.3 is 9.47 Å². The van der Waals surface area contributed by atoms with E-state index in [1.54, 1.807) is 6.08 Å². The van der Waals surface area contributed by atoms with E-state index in [1.165, 1.54) is 14.2 Å². The van der Waals surface area contributed by atoms with Gasteiger partial charge in [0, 0.05) is 0 Å². The van der Waals surface area contributed by atoms with Gasteiger partial charge in [0.05, 0.1) is 25.4 Å². The molecule has 4 nitrogen and oxygen atoms in total. The number of hydrogen-bond acceptors (Lipinski definition) is 4. The van der Waals surface area contributed by atoms with Crippen LogP contribution < -0.4 is 0 Å². The van der Waals surface area contributed by atoms with Crippen LogP contribution in [0, 0.1) is 0 Å². The van der Waals surface area contributed by atoms with E-state index >= 15 is 0 Å². The zero-order valence-electron chi connectivity index (χ0n) is 8.62. The predicted molar refractivity (Wildman–Crippen MR) is 51.5 cm³/mol. The van der Waals surface area contributed by atoms with E-state index in [0.29, 0.717) is 6.42 Å². The molecule has 0 amide bonds. The Morgan fingerprint density at radius 3 is 2.07 bits per heavy atom. The van der Waals surface area contributed by atoms with Crippen LogP contribution in [0.15, 0.2) is 23.8 Å². The molecule has 4 heteroatoms. The highest BCUT2D eigenvalue weighted by molar-refractivity contribution is 6.06. The van der Waals surface area contributed by atoms with Crippen molar-refractivity contribution >= 4 is 11.9 Å². The molecule has 78 valence electrons. The monoisotopic (exact) mass is 198 g/mol. The summed E-state index contributed by atoms with van der Waals surface area (Å²) in [5, 5.41) is 0. The Balaban J connectivity index is 4.85. The van der Waals surface area contributed by atoms with Crippen LogP contribution in [0.4, 0.5) is 0 Å². The lowest BCUT2D eigenvalue weighted by molar-refractivity contribution is -0.139. The number of carbonyl (C=O) groups is 2. The van der Waals surface area contributed by atoms with Crippen molar-refractivity contribution in [2.45, 2.75) is 13.3 Å². The summed E-state index contributed by atoms with van der Waals surface area (Å²) >= 11 is 0. The minimum atomic E-state index is -0.630. The van der Waals surface area contributed by atoms with Gasteiger partial charge in [0.2, 0.25) is 0 Å². The number of esters is 2. The molecule has 0 saturated heterocycles. The predicted octanol–water partition coefficient (Wildman–Crippen LogP) is 1.22. The summed E-state index contributed by atoms with van der Waals surface area (Å²) in [5.74, 6) is -1.21. The summed E-state index contributed by atoms with van der Waals surface area (Å²) in [4.78, 5) is 22.3. The molecule has 0 aliphatic heterocycles. The lowest BCUT2D eigenvalue weighted by Gasteiger charge is -2.06. The maximum absolute atomic E-state index is 11.2. The van der Waals surface area contributed by atoms with Crippen molar-refractivity contribution in [3.63, 3.8) is 0 Å². The van der Waals surface area contributed by atoms with Crippen molar-refractivity contribution in [2.75, 3.05) is 14.2 Å². The molecule has 0 aliphatic rings. The van der Waals surface area contributed by atoms with Crippen molar-refractivity contribution in [3.05, 3.63) is 23.8 Å². The molecule has 0 unspecified atom stereocenters. The molecule has 0 fully saturated rings. The first-order valence-corrected chi connectivity index (χ1v) is 4.14. The van der Waals surface area contributed by atoms with Gasteiger partial charge >= 0.3 is 11.9 Å². The zero-order chi connectivity index (χ0) is 11.1. The number of hydrogen-bond donors (Lipinski definition) is 0. The summed E-state index contributed by atoms with van der Waals surface area (Å²) in [6.45, 7) is 5.31. The Kier molecular flexibility index (Phi) is 5.29. The standard InChI is InChI=1S/C10H14O4/c1-5-6-8(10(12)14-4)7(2)9(11)13-3/h6H,2,5H2,1,3-4H3/b8-6+. The van der Waals surface area contributed by atoms with Crippen LogP contribution in [0.3, 0.4) is 0 Å². The largest absolute Gasteiger partial charge is 0.465 e. The molecule has 0 aromatic heterocycles. The number of ether oxygens (including phenoxy) is 2. The molecule has 0 aliphatic carbocycles. The molecule has 14 heavy (non-hydrogen) atoms. The van der Waals surface area contributed by atoms with Crippen molar-refractivity contribution in [1.29, 1.82) is 0 Å². The van der Waals surface area contributed by atoms with Gasteiger partial charge in [0.1, 0.15) is 0 Å². The van der Waals surface area contributed by atoms with Crippen LogP contribution in [0.2, 0.25) is 0 Å². The van der Waals surface area contributed by atoms with E-state index in [2.05, 4.69) is 16.1 Å². The molecule has 0 heterocycles. The quantitative estimate of drug-likeness (QED) is 0.387. The molecule has 0 atom stereocenters. The van der Waals surface area contributed by atoms with Gasteiger partial charge in [-0.1, -0.05) is 19.6 Å². The minimum absolute atomic E-state index is 0.0150. The second kappa shape index (κ2) is 5.96. The maximum atomic E-state index is 11.2. The first-order valence-electron chi connectivity index (χ1n) is 4.14. The SMILES string of the molecule is C=C(C(=O)OC)/C(=C\CC)C(=O)OC. The first-order chi connectivity index (χ1) is 6.58. The molecule has 0 rings (SSSR count). The maximum Gasteiger partial charge on any atom is 0.338 e. The molecular weight excluding hydrogens is 184 g/mol. The molecule has 0 spiro atoms. The van der Waals surface area contributed by atoms with Crippen molar-refractivity contribution < 1.29 is 19.1 Å². The lowest BCUT2D eigenvalue weighted by Crippen LogP contribution is -2.14. The average Bonchev–Trinajstić information content (AvgIpc) is 2.22. The average molecular weight is 198 g/mol. The van der Waals surface area contributed by atoms with Crippen LogP contribution in [0.1, 0.15) is 13.3 Å². The Hall–Kier alpha value is -1.58. The van der Waals surface area contributed by atoms with Crippen LogP contribution >= 0.6 is 0 Å². The Labute approximate surface area is 83.2 Å². The van der Waals surface area contributed by atoms with Crippen LogP contribution in [0.25, 0.3) is 0 Å². The van der Waals surface area contributed by atoms with Crippen LogP contribution in [-0.4, -0.2) is 26.2 Å². The zero-order valence-corrected chi connectivity index (χ0v) is 8.62. The fraction of sp³-hybridized carbons (Fsp3) is 0.400. The number of carbonyl (C=O) groups excluding carboxylic acids is 2. The molecule has 0 N–H and O–H groups in total. The van der Waals surface area contributed by atoms with Crippen molar-refractivity contribution in [1.82, 2.24) is 0 Å². The molecule has 0 bridgehead atoms. The molecule has 0 radical (unpaired) electrons. The third kappa shape index (κ3) is 3.05. The summed E-state index contributed by atoms with van der Waals surface area (Å²) in [6.07, 6.45) is 2.19. The normalized spacial score (nSPS) is 10.6. The van der Waals surface area contributed by atoms with Crippen molar-refractivity contribution in [2.24, 2.45) is 0 Å². The molecular formula is C10H14O4. The van der Waals surface area contributed by atoms with Gasteiger partial charge in [-0.3, -0.25) is 0 Å². The highest BCUT2D eigenvalue weighted by Crippen LogP contribution is 2.12. The Morgan fingerprint density at radius 1 is 1.21 bits per heavy atom. The van der Waals surface area contributed by atoms with Gasteiger partial charge in [-0.15, -0.1) is 0 Å². The third-order valence-corrected chi connectivity index (χ3v) is 1.57. The van der Waals surface area contributed by atoms with Gasteiger partial charge in [0.25, 0.3) is 0 Å². The molecule has 0 aromatic carbocycles. The minimum Gasteiger partial charge on any atom is -0.465 e. The van der Waals surface area contributed by atoms with E-state index in [4.69, 9.17) is 0 Å². The Morgan fingerprint density at radius 2 is 1.71 bits per heavy atom. The van der Waals surface area contributed by atoms with Gasteiger partial charge in [-0.25, -0.2) is 9.59 Å². The van der Waals surface area contributed by atoms with E-state index in [1.807, 2.05) is 6.92 Å². The highest BCUT2D eigenvalue weighted by atomic mass is 16.5. The molecule has 0 saturated carbocycles. The summed E-state index contributed by atoms with van der Waals surface area (Å²) in [6, 6.07) is 0. The van der Waals surface area contributed by atoms with Crippen LogP contribution in [-0.2, 0) is 19.1 Å². The summed E-state index contributed by atoms with van der Waals surface area (Å²) in [5.41, 5.74) is 0.169. The summed E-state index contributed by atoms with van der Waals surface area (Å²) < 4.78 is 8.95. The third-order valence-electron chi connectivity index (χ3n) is 1.57. The van der Waals surface area contributed by atoms with Gasteiger partial charge in [-0.05, 0) is 6.42 Å². The summed E-state index contributed by atoms with van der Waals surface area (Å²) in [7, 11) is 2.48. The topological polar surface area (TPSA) is 52.6 Å². The fourth-order valence-electron chi connectivity index (χ4n) is 0.877. The van der Waals surface area contributed by atoms with E-state index in [-0.39, 0.29) is 11.1 Å². The fourth-order valence-corrected chi connectivity index (χ4v) is 0.877. The number of rotatable bonds is 4. The Bertz CT molecular complexity index is 276. The highest BCUT2D eigenvalue weighted by Gasteiger charge is 2.19. The van der Waals surface area contributed by atoms with Gasteiger partial charge in [0.15, 0.2) is 0 Å². The van der Waals surface area contributed by atoms with E-state index < -0.39 is 11.9 Å². The second-order valence-corrected chi connectivity index (χ2v) is 2.49. The van der Waals surface area contributed by atoms with Gasteiger partial charge in [-0.2, -0.15) is 0 Å². The number of methoxy groups -OCH3 is 2. The molecule has 0 aromatic rings. The second-order valence-electron chi connectivity index (χ2n) is 2.49. The van der Waals surface area contributed by atoms with E-state index in [0.717, 1.165) is 0 Å². The first kappa shape index (κ1) is 12.4. The van der Waals surface area contributed by atoms with Crippen LogP contribution in [0.5, 0.6) is 0 Å².